The van der Waals surface area contributed by atoms with Crippen LogP contribution in [-0.2, 0) is 22.3 Å². The van der Waals surface area contributed by atoms with Gasteiger partial charge in [0.05, 0.1) is 40.9 Å². The Labute approximate surface area is 216 Å². The van der Waals surface area contributed by atoms with E-state index in [1.165, 1.54) is 13.1 Å². The number of rotatable bonds is 6. The molecular weight excluding hydrogens is 523 g/mol. The number of anilines is 1. The maximum Gasteiger partial charge on any atom is 0.418 e. The molecule has 11 nitrogen and oxygen atoms in total. The van der Waals surface area contributed by atoms with Crippen LogP contribution in [0.25, 0.3) is 27.7 Å². The zero-order chi connectivity index (χ0) is 27.7. The predicted molar refractivity (Wildman–Crippen MR) is 130 cm³/mol. The summed E-state index contributed by atoms with van der Waals surface area (Å²) in [5.74, 6) is -0.851. The summed E-state index contributed by atoms with van der Waals surface area (Å²) in [5, 5.41) is 3.20. The highest BCUT2D eigenvalue weighted by Crippen LogP contribution is 2.36. The second kappa shape index (κ2) is 9.96. The van der Waals surface area contributed by atoms with Gasteiger partial charge in [0.25, 0.3) is 5.56 Å². The lowest BCUT2D eigenvalue weighted by atomic mass is 10.1. The number of aromatic amines is 1. The van der Waals surface area contributed by atoms with Gasteiger partial charge < -0.3 is 23.4 Å². The van der Waals surface area contributed by atoms with Gasteiger partial charge in [-0.05, 0) is 25.1 Å². The van der Waals surface area contributed by atoms with Crippen molar-refractivity contribution in [3.05, 3.63) is 82.3 Å². The second-order valence-electron chi connectivity index (χ2n) is 8.14. The molecule has 0 spiro atoms. The molecule has 3 aromatic heterocycles. The van der Waals surface area contributed by atoms with E-state index in [1.807, 2.05) is 6.07 Å². The number of aromatic nitrogens is 4. The average molecular weight is 541 g/mol. The Hall–Kier alpha value is -5.14. The number of imidazole rings is 1. The van der Waals surface area contributed by atoms with E-state index in [4.69, 9.17) is 13.9 Å². The second-order valence-corrected chi connectivity index (χ2v) is 8.14. The standard InChI is InChI=1S/C25H18F3N5O6/c1-2-37-23(35)21-22(34)31-16-8-15(25(26,27)28)18(9-17(16)30-21)33-10-14(29-12-33)11-38-24(36)32-20-7-13-5-3-4-6-19(13)39-20/h3-10,12H,2,11H2,1H3,(H,31,34)(H,32,36). The van der Waals surface area contributed by atoms with Crippen LogP contribution in [0, 0.1) is 0 Å². The Bertz CT molecular complexity index is 1740. The minimum absolute atomic E-state index is 0.0214. The van der Waals surface area contributed by atoms with Crippen molar-refractivity contribution < 1.29 is 36.7 Å². The Morgan fingerprint density at radius 3 is 2.69 bits per heavy atom. The lowest BCUT2D eigenvalue weighted by Gasteiger charge is -2.14. The third-order valence-corrected chi connectivity index (χ3v) is 5.50. The molecule has 0 aliphatic heterocycles. The molecule has 0 atom stereocenters. The fourth-order valence-corrected chi connectivity index (χ4v) is 3.79. The van der Waals surface area contributed by atoms with Gasteiger partial charge in [0, 0.05) is 17.6 Å². The van der Waals surface area contributed by atoms with Crippen LogP contribution in [-0.4, -0.2) is 38.2 Å². The van der Waals surface area contributed by atoms with Gasteiger partial charge in [0.15, 0.2) is 0 Å². The topological polar surface area (TPSA) is 141 Å². The first-order valence-electron chi connectivity index (χ1n) is 11.4. The first-order chi connectivity index (χ1) is 18.6. The van der Waals surface area contributed by atoms with Gasteiger partial charge in [-0.25, -0.2) is 19.6 Å². The molecule has 2 N–H and O–H groups in total. The van der Waals surface area contributed by atoms with Crippen molar-refractivity contribution in [2.75, 3.05) is 11.9 Å². The summed E-state index contributed by atoms with van der Waals surface area (Å²) in [6.45, 7) is 1.16. The monoisotopic (exact) mass is 541 g/mol. The number of esters is 1. The number of hydrogen-bond acceptors (Lipinski definition) is 8. The van der Waals surface area contributed by atoms with Gasteiger partial charge in [-0.1, -0.05) is 18.2 Å². The quantitative estimate of drug-likeness (QED) is 0.292. The number of carbonyl (C=O) groups is 2. The Balaban J connectivity index is 1.39. The minimum atomic E-state index is -4.81. The van der Waals surface area contributed by atoms with Crippen LogP contribution in [0.1, 0.15) is 28.7 Å². The number of fused-ring (bicyclic) bond motifs is 2. The highest BCUT2D eigenvalue weighted by atomic mass is 19.4. The number of benzene rings is 2. The molecule has 39 heavy (non-hydrogen) atoms. The molecule has 1 amide bonds. The normalized spacial score (nSPS) is 11.6. The minimum Gasteiger partial charge on any atom is -0.461 e. The van der Waals surface area contributed by atoms with E-state index in [0.717, 1.165) is 22.3 Å². The summed E-state index contributed by atoms with van der Waals surface area (Å²) >= 11 is 0. The number of furan rings is 1. The number of halogens is 3. The maximum atomic E-state index is 13.9. The lowest BCUT2D eigenvalue weighted by molar-refractivity contribution is -0.137. The van der Waals surface area contributed by atoms with Crippen LogP contribution < -0.4 is 10.9 Å². The van der Waals surface area contributed by atoms with E-state index in [0.29, 0.717) is 11.6 Å². The van der Waals surface area contributed by atoms with Crippen molar-refractivity contribution in [1.82, 2.24) is 19.5 Å². The van der Waals surface area contributed by atoms with E-state index in [9.17, 15) is 27.6 Å². The molecule has 5 aromatic rings. The zero-order valence-corrected chi connectivity index (χ0v) is 20.0. The van der Waals surface area contributed by atoms with Crippen molar-refractivity contribution in [3.63, 3.8) is 0 Å². The average Bonchev–Trinajstić information content (AvgIpc) is 3.52. The number of para-hydroxylation sites is 1. The van der Waals surface area contributed by atoms with E-state index in [-0.39, 0.29) is 41.5 Å². The van der Waals surface area contributed by atoms with E-state index < -0.39 is 35.1 Å². The maximum absolute atomic E-state index is 13.9. The first kappa shape index (κ1) is 25.5. The molecule has 0 saturated heterocycles. The Kier molecular flexibility index (Phi) is 6.52. The summed E-state index contributed by atoms with van der Waals surface area (Å²) in [6.07, 6.45) is -3.33. The molecule has 0 aliphatic carbocycles. The van der Waals surface area contributed by atoms with E-state index in [2.05, 4.69) is 20.3 Å². The van der Waals surface area contributed by atoms with Crippen LogP contribution in [0.3, 0.4) is 0 Å². The highest BCUT2D eigenvalue weighted by Gasteiger charge is 2.35. The fourth-order valence-electron chi connectivity index (χ4n) is 3.79. The number of ether oxygens (including phenoxy) is 2. The smallest absolute Gasteiger partial charge is 0.418 e. The molecule has 0 aliphatic rings. The Morgan fingerprint density at radius 2 is 1.95 bits per heavy atom. The third-order valence-electron chi connectivity index (χ3n) is 5.50. The molecule has 0 radical (unpaired) electrons. The van der Waals surface area contributed by atoms with Crippen LogP contribution >= 0.6 is 0 Å². The van der Waals surface area contributed by atoms with Gasteiger partial charge >= 0.3 is 18.2 Å². The summed E-state index contributed by atoms with van der Waals surface area (Å²) in [4.78, 5) is 46.6. The van der Waals surface area contributed by atoms with Gasteiger partial charge in [-0.15, -0.1) is 0 Å². The molecule has 2 aromatic carbocycles. The number of alkyl halides is 3. The van der Waals surface area contributed by atoms with Crippen LogP contribution in [0.15, 0.2) is 64.2 Å². The molecule has 200 valence electrons. The van der Waals surface area contributed by atoms with Gasteiger partial charge in [0.2, 0.25) is 11.6 Å². The van der Waals surface area contributed by atoms with Crippen molar-refractivity contribution >= 4 is 39.9 Å². The van der Waals surface area contributed by atoms with Crippen molar-refractivity contribution in [2.45, 2.75) is 19.7 Å². The summed E-state index contributed by atoms with van der Waals surface area (Å²) in [5.41, 5.74) is -2.65. The number of nitrogens with one attached hydrogen (secondary N) is 2. The van der Waals surface area contributed by atoms with Gasteiger partial charge in [-0.3, -0.25) is 10.1 Å². The Morgan fingerprint density at radius 1 is 1.15 bits per heavy atom. The molecule has 0 saturated carbocycles. The lowest BCUT2D eigenvalue weighted by Crippen LogP contribution is -2.22. The molecule has 5 rings (SSSR count). The number of H-pyrrole nitrogens is 1. The predicted octanol–water partition coefficient (Wildman–Crippen LogP) is 4.80. The molecule has 0 unspecified atom stereocenters. The molecule has 3 heterocycles. The summed E-state index contributed by atoms with van der Waals surface area (Å²) < 4.78 is 58.2. The zero-order valence-electron chi connectivity index (χ0n) is 20.0. The third kappa shape index (κ3) is 5.30. The molecular formula is C25H18F3N5O6. The number of carbonyl (C=O) groups excluding carboxylic acids is 2. The largest absolute Gasteiger partial charge is 0.461 e. The van der Waals surface area contributed by atoms with Crippen LogP contribution in [0.2, 0.25) is 0 Å². The van der Waals surface area contributed by atoms with Crippen LogP contribution in [0.5, 0.6) is 0 Å². The highest BCUT2D eigenvalue weighted by molar-refractivity contribution is 5.90. The van der Waals surface area contributed by atoms with Crippen molar-refractivity contribution in [3.8, 4) is 5.69 Å². The number of nitrogens with zero attached hydrogens (tertiary/aromatic N) is 3. The van der Waals surface area contributed by atoms with Crippen LogP contribution in [0.4, 0.5) is 23.8 Å². The van der Waals surface area contributed by atoms with Crippen molar-refractivity contribution in [1.29, 1.82) is 0 Å². The molecule has 14 heteroatoms. The number of amides is 1. The first-order valence-corrected chi connectivity index (χ1v) is 11.4. The van der Waals surface area contributed by atoms with Gasteiger partial charge in [-0.2, -0.15) is 13.2 Å². The fraction of sp³-hybridized carbons (Fsp3) is 0.160. The number of hydrogen-bond donors (Lipinski definition) is 2. The van der Waals surface area contributed by atoms with Crippen molar-refractivity contribution in [2.24, 2.45) is 0 Å². The molecule has 0 fully saturated rings. The molecule has 0 bridgehead atoms. The summed E-state index contributed by atoms with van der Waals surface area (Å²) in [6, 6.07) is 10.5. The van der Waals surface area contributed by atoms with E-state index >= 15 is 0 Å². The SMILES string of the molecule is CCOC(=O)c1nc2cc(-n3cnc(COC(=O)Nc4cc5ccccc5o4)c3)c(C(F)(F)F)cc2[nH]c1=O. The van der Waals surface area contributed by atoms with Gasteiger partial charge in [0.1, 0.15) is 12.2 Å². The van der Waals surface area contributed by atoms with E-state index in [1.54, 1.807) is 24.3 Å². The summed E-state index contributed by atoms with van der Waals surface area (Å²) in [7, 11) is 0.